The Balaban J connectivity index is 2.49. The van der Waals surface area contributed by atoms with Crippen LogP contribution in [0.15, 0.2) is 24.3 Å². The van der Waals surface area contributed by atoms with Crippen LogP contribution in [0.4, 0.5) is 0 Å². The maximum atomic E-state index is 10.9. The number of benzene rings is 1. The highest BCUT2D eigenvalue weighted by Gasteiger charge is 2.11. The van der Waals surface area contributed by atoms with Crippen molar-refractivity contribution in [3.05, 3.63) is 24.3 Å². The summed E-state index contributed by atoms with van der Waals surface area (Å²) < 4.78 is 32.2. The Kier molecular flexibility index (Phi) is 4.77. The fraction of sp³-hybridized carbons (Fsp3) is 0.455. The van der Waals surface area contributed by atoms with Gasteiger partial charge in [-0.25, -0.2) is 13.6 Å². The summed E-state index contributed by atoms with van der Waals surface area (Å²) >= 11 is 0. The van der Waals surface area contributed by atoms with E-state index in [1.54, 1.807) is 38.3 Å². The molecule has 1 rings (SSSR count). The van der Waals surface area contributed by atoms with Crippen LogP contribution in [0, 0.1) is 5.92 Å². The van der Waals surface area contributed by atoms with Gasteiger partial charge >= 0.3 is 0 Å². The van der Waals surface area contributed by atoms with Crippen molar-refractivity contribution in [2.24, 2.45) is 11.1 Å². The van der Waals surface area contributed by atoms with Gasteiger partial charge in [-0.3, -0.25) is 0 Å². The summed E-state index contributed by atoms with van der Waals surface area (Å²) in [5, 5.41) is 4.95. The van der Waals surface area contributed by atoms with E-state index in [4.69, 9.17) is 14.6 Å². The van der Waals surface area contributed by atoms with Gasteiger partial charge in [-0.1, -0.05) is 13.0 Å². The third-order valence-electron chi connectivity index (χ3n) is 2.09. The van der Waals surface area contributed by atoms with E-state index in [9.17, 15) is 8.42 Å². The number of primary sulfonamides is 1. The molecule has 96 valence electrons. The van der Waals surface area contributed by atoms with E-state index in [0.29, 0.717) is 18.1 Å². The number of methoxy groups -OCH3 is 1. The van der Waals surface area contributed by atoms with E-state index in [2.05, 4.69) is 0 Å². The third kappa shape index (κ3) is 5.55. The van der Waals surface area contributed by atoms with Gasteiger partial charge in [0.1, 0.15) is 11.5 Å². The molecule has 2 N–H and O–H groups in total. The average molecular weight is 259 g/mol. The summed E-state index contributed by atoms with van der Waals surface area (Å²) in [5.41, 5.74) is 0. The number of hydrogen-bond acceptors (Lipinski definition) is 4. The second kappa shape index (κ2) is 5.88. The van der Waals surface area contributed by atoms with Crippen LogP contribution in [0.3, 0.4) is 0 Å². The molecule has 0 amide bonds. The van der Waals surface area contributed by atoms with Gasteiger partial charge in [0.05, 0.1) is 19.5 Å². The maximum Gasteiger partial charge on any atom is 0.209 e. The lowest BCUT2D eigenvalue weighted by Crippen LogP contribution is -2.25. The van der Waals surface area contributed by atoms with E-state index >= 15 is 0 Å². The van der Waals surface area contributed by atoms with Gasteiger partial charge in [-0.2, -0.15) is 0 Å². The molecule has 1 aromatic rings. The number of sulfonamides is 1. The van der Waals surface area contributed by atoms with Crippen molar-refractivity contribution in [1.29, 1.82) is 0 Å². The van der Waals surface area contributed by atoms with Gasteiger partial charge in [-0.05, 0) is 12.1 Å². The predicted molar refractivity (Wildman–Crippen MR) is 65.6 cm³/mol. The molecule has 6 heteroatoms. The minimum Gasteiger partial charge on any atom is -0.497 e. The first kappa shape index (κ1) is 13.8. The number of rotatable bonds is 6. The fourth-order valence-electron chi connectivity index (χ4n) is 1.37. The molecule has 1 atom stereocenters. The molecule has 1 aromatic carbocycles. The zero-order chi connectivity index (χ0) is 12.9. The zero-order valence-electron chi connectivity index (χ0n) is 9.92. The van der Waals surface area contributed by atoms with Crippen LogP contribution in [0.5, 0.6) is 11.5 Å². The van der Waals surface area contributed by atoms with E-state index in [1.807, 2.05) is 0 Å². The Hall–Kier alpha value is -1.27. The van der Waals surface area contributed by atoms with Crippen molar-refractivity contribution >= 4 is 10.0 Å². The molecule has 1 unspecified atom stereocenters. The quantitative estimate of drug-likeness (QED) is 0.826. The molecule has 0 saturated carbocycles. The van der Waals surface area contributed by atoms with E-state index in [1.165, 1.54) is 0 Å². The minimum atomic E-state index is -3.45. The largest absolute Gasteiger partial charge is 0.497 e. The first-order valence-electron chi connectivity index (χ1n) is 5.18. The monoisotopic (exact) mass is 259 g/mol. The van der Waals surface area contributed by atoms with E-state index in [0.717, 1.165) is 0 Å². The summed E-state index contributed by atoms with van der Waals surface area (Å²) in [6.07, 6.45) is 0. The van der Waals surface area contributed by atoms with Crippen LogP contribution < -0.4 is 14.6 Å². The molecule has 0 aliphatic rings. The Bertz CT molecular complexity index is 458. The van der Waals surface area contributed by atoms with Crippen LogP contribution in [0.1, 0.15) is 6.92 Å². The smallest absolute Gasteiger partial charge is 0.209 e. The minimum absolute atomic E-state index is 0.0863. The maximum absolute atomic E-state index is 10.9. The third-order valence-corrected chi connectivity index (χ3v) is 3.13. The standard InChI is InChI=1S/C11H17NO4S/c1-9(8-17(12,13)14)7-16-11-5-3-4-10(6-11)15-2/h3-6,9H,7-8H2,1-2H3,(H2,12,13,14). The Labute approximate surface area is 102 Å². The van der Waals surface area contributed by atoms with Crippen LogP contribution in [0.25, 0.3) is 0 Å². The van der Waals surface area contributed by atoms with Crippen LogP contribution >= 0.6 is 0 Å². The summed E-state index contributed by atoms with van der Waals surface area (Å²) in [6, 6.07) is 7.13. The van der Waals surface area contributed by atoms with E-state index < -0.39 is 10.0 Å². The van der Waals surface area contributed by atoms with Gasteiger partial charge in [0.2, 0.25) is 10.0 Å². The highest BCUT2D eigenvalue weighted by atomic mass is 32.2. The summed E-state index contributed by atoms with van der Waals surface area (Å²) in [6.45, 7) is 2.06. The molecule has 5 nitrogen and oxygen atoms in total. The Morgan fingerprint density at radius 2 is 2.00 bits per heavy atom. The second-order valence-corrected chi connectivity index (χ2v) is 5.58. The lowest BCUT2D eigenvalue weighted by Gasteiger charge is -2.12. The normalized spacial score (nSPS) is 13.1. The molecule has 0 aliphatic carbocycles. The van der Waals surface area contributed by atoms with Crippen molar-refractivity contribution in [3.63, 3.8) is 0 Å². The second-order valence-electron chi connectivity index (χ2n) is 3.92. The van der Waals surface area contributed by atoms with E-state index in [-0.39, 0.29) is 11.7 Å². The lowest BCUT2D eigenvalue weighted by molar-refractivity contribution is 0.270. The lowest BCUT2D eigenvalue weighted by atomic mass is 10.2. The van der Waals surface area contributed by atoms with Gasteiger partial charge in [0.15, 0.2) is 0 Å². The molecule has 17 heavy (non-hydrogen) atoms. The average Bonchev–Trinajstić information content (AvgIpc) is 2.24. The van der Waals surface area contributed by atoms with Crippen LogP contribution in [-0.2, 0) is 10.0 Å². The van der Waals surface area contributed by atoms with Crippen molar-refractivity contribution < 1.29 is 17.9 Å². The highest BCUT2D eigenvalue weighted by Crippen LogP contribution is 2.19. The Morgan fingerprint density at radius 1 is 1.35 bits per heavy atom. The first-order valence-corrected chi connectivity index (χ1v) is 6.89. The summed E-state index contributed by atoms with van der Waals surface area (Å²) in [7, 11) is -1.87. The molecule has 0 radical (unpaired) electrons. The molecule has 0 aromatic heterocycles. The molecule has 0 fully saturated rings. The van der Waals surface area contributed by atoms with Crippen LogP contribution in [-0.4, -0.2) is 27.9 Å². The van der Waals surface area contributed by atoms with Gasteiger partial charge in [-0.15, -0.1) is 0 Å². The molecular weight excluding hydrogens is 242 g/mol. The van der Waals surface area contributed by atoms with Gasteiger partial charge < -0.3 is 9.47 Å². The fourth-order valence-corrected chi connectivity index (χ4v) is 2.26. The van der Waals surface area contributed by atoms with Gasteiger partial charge in [0, 0.05) is 12.0 Å². The number of nitrogens with two attached hydrogens (primary N) is 1. The van der Waals surface area contributed by atoms with Crippen molar-refractivity contribution in [2.45, 2.75) is 6.92 Å². The SMILES string of the molecule is COc1cccc(OCC(C)CS(N)(=O)=O)c1. The molecular formula is C11H17NO4S. The molecule has 0 bridgehead atoms. The van der Waals surface area contributed by atoms with Crippen molar-refractivity contribution in [2.75, 3.05) is 19.5 Å². The van der Waals surface area contributed by atoms with Gasteiger partial charge in [0.25, 0.3) is 0 Å². The number of ether oxygens (including phenoxy) is 2. The van der Waals surface area contributed by atoms with Crippen LogP contribution in [0.2, 0.25) is 0 Å². The summed E-state index contributed by atoms with van der Waals surface area (Å²) in [5.74, 6) is 1.10. The number of hydrogen-bond donors (Lipinski definition) is 1. The van der Waals surface area contributed by atoms with Crippen molar-refractivity contribution in [3.8, 4) is 11.5 Å². The molecule has 0 heterocycles. The summed E-state index contributed by atoms with van der Waals surface area (Å²) in [4.78, 5) is 0. The topological polar surface area (TPSA) is 78.6 Å². The zero-order valence-corrected chi connectivity index (χ0v) is 10.7. The molecule has 0 aliphatic heterocycles. The molecule has 0 spiro atoms. The van der Waals surface area contributed by atoms with Crippen molar-refractivity contribution in [1.82, 2.24) is 0 Å². The first-order chi connectivity index (χ1) is 7.90. The predicted octanol–water partition coefficient (Wildman–Crippen LogP) is 0.999. The molecule has 0 saturated heterocycles. The highest BCUT2D eigenvalue weighted by molar-refractivity contribution is 7.89. The Morgan fingerprint density at radius 3 is 2.59 bits per heavy atom.